The Morgan fingerprint density at radius 3 is 2.89 bits per heavy atom. The van der Waals surface area contributed by atoms with Gasteiger partial charge in [-0.05, 0) is 13.0 Å². The van der Waals surface area contributed by atoms with Gasteiger partial charge in [0.25, 0.3) is 0 Å². The van der Waals surface area contributed by atoms with Crippen molar-refractivity contribution in [3.63, 3.8) is 0 Å². The summed E-state index contributed by atoms with van der Waals surface area (Å²) in [5, 5.41) is 16.8. The highest BCUT2D eigenvalue weighted by molar-refractivity contribution is 6.39. The molecule has 0 amide bonds. The first kappa shape index (κ1) is 14.6. The SMILES string of the molecule is CC1C[C@@](O)(CC(=O)O)C2=C(C=C(Cl)C(F)(Cl)C2)O1. The first-order valence-corrected chi connectivity index (χ1v) is 6.49. The molecular weight excluding hydrogens is 298 g/mol. The summed E-state index contributed by atoms with van der Waals surface area (Å²) in [7, 11) is 0. The van der Waals surface area contributed by atoms with Gasteiger partial charge in [-0.25, -0.2) is 4.39 Å². The van der Waals surface area contributed by atoms with E-state index < -0.39 is 35.6 Å². The van der Waals surface area contributed by atoms with Crippen molar-refractivity contribution in [2.75, 3.05) is 0 Å². The van der Waals surface area contributed by atoms with E-state index in [-0.39, 0.29) is 22.8 Å². The lowest BCUT2D eigenvalue weighted by molar-refractivity contribution is -0.143. The number of ether oxygens (including phenoxy) is 1. The van der Waals surface area contributed by atoms with Crippen LogP contribution in [0.1, 0.15) is 26.2 Å². The van der Waals surface area contributed by atoms with E-state index in [1.807, 2.05) is 0 Å². The van der Waals surface area contributed by atoms with Gasteiger partial charge in [0.05, 0.1) is 17.6 Å². The molecule has 0 aromatic heterocycles. The van der Waals surface area contributed by atoms with Crippen molar-refractivity contribution in [2.45, 2.75) is 43.0 Å². The van der Waals surface area contributed by atoms with E-state index in [2.05, 4.69) is 0 Å². The smallest absolute Gasteiger partial charge is 0.306 e. The number of rotatable bonds is 2. The molecule has 0 spiro atoms. The van der Waals surface area contributed by atoms with Gasteiger partial charge in [-0.2, -0.15) is 0 Å². The number of alkyl halides is 2. The fraction of sp³-hybridized carbons (Fsp3) is 0.583. The molecule has 106 valence electrons. The quantitative estimate of drug-likeness (QED) is 0.770. The van der Waals surface area contributed by atoms with Gasteiger partial charge >= 0.3 is 5.97 Å². The van der Waals surface area contributed by atoms with E-state index in [4.69, 9.17) is 33.0 Å². The summed E-state index contributed by atoms with van der Waals surface area (Å²) in [6.45, 7) is 1.69. The highest BCUT2D eigenvalue weighted by atomic mass is 35.5. The standard InChI is InChI=1S/C12H13Cl2FO4/c1-6-3-11(18,5-10(16)17)7-4-12(14,15)9(13)2-8(7)19-6/h2,6,18H,3-5H2,1H3,(H,16,17)/t6?,11-,12?/m1/s1. The van der Waals surface area contributed by atoms with Crippen molar-refractivity contribution in [1.29, 1.82) is 0 Å². The monoisotopic (exact) mass is 310 g/mol. The Kier molecular flexibility index (Phi) is 3.58. The minimum absolute atomic E-state index is 0.0660. The second kappa shape index (κ2) is 4.65. The number of carboxylic acid groups (broad SMARTS) is 1. The number of aliphatic hydroxyl groups is 1. The van der Waals surface area contributed by atoms with Crippen LogP contribution in [0.25, 0.3) is 0 Å². The Balaban J connectivity index is 2.46. The van der Waals surface area contributed by atoms with Crippen LogP contribution < -0.4 is 0 Å². The van der Waals surface area contributed by atoms with Crippen LogP contribution in [-0.2, 0) is 9.53 Å². The molecule has 2 unspecified atom stereocenters. The molecule has 2 rings (SSSR count). The van der Waals surface area contributed by atoms with Crippen LogP contribution in [0.15, 0.2) is 22.4 Å². The number of carbonyl (C=O) groups is 1. The minimum Gasteiger partial charge on any atom is -0.490 e. The summed E-state index contributed by atoms with van der Waals surface area (Å²) in [4.78, 5) is 10.9. The van der Waals surface area contributed by atoms with Crippen LogP contribution in [0, 0.1) is 0 Å². The van der Waals surface area contributed by atoms with E-state index in [1.165, 1.54) is 6.08 Å². The molecule has 2 N–H and O–H groups in total. The zero-order valence-electron chi connectivity index (χ0n) is 10.1. The van der Waals surface area contributed by atoms with Gasteiger partial charge in [0, 0.05) is 18.4 Å². The number of aliphatic carboxylic acids is 1. The second-order valence-electron chi connectivity index (χ2n) is 4.95. The lowest BCUT2D eigenvalue weighted by Gasteiger charge is -2.41. The van der Waals surface area contributed by atoms with Crippen LogP contribution in [0.5, 0.6) is 0 Å². The number of hydrogen-bond donors (Lipinski definition) is 2. The third-order valence-electron chi connectivity index (χ3n) is 3.26. The summed E-state index contributed by atoms with van der Waals surface area (Å²) in [6.07, 6.45) is -0.0497. The third kappa shape index (κ3) is 2.73. The maximum Gasteiger partial charge on any atom is 0.306 e. The molecule has 0 saturated heterocycles. The molecule has 1 heterocycles. The third-order valence-corrected chi connectivity index (χ3v) is 4.10. The van der Waals surface area contributed by atoms with E-state index in [9.17, 15) is 14.3 Å². The Bertz CT molecular complexity index is 486. The number of halogens is 3. The number of hydrogen-bond acceptors (Lipinski definition) is 3. The maximum absolute atomic E-state index is 14.0. The predicted octanol–water partition coefficient (Wildman–Crippen LogP) is 2.69. The van der Waals surface area contributed by atoms with Crippen molar-refractivity contribution < 1.29 is 24.1 Å². The predicted molar refractivity (Wildman–Crippen MR) is 67.6 cm³/mol. The van der Waals surface area contributed by atoms with Gasteiger partial charge in [-0.1, -0.05) is 23.2 Å². The zero-order chi connectivity index (χ0) is 14.4. The normalized spacial score (nSPS) is 38.4. The molecule has 0 saturated carbocycles. The molecule has 3 atom stereocenters. The lowest BCUT2D eigenvalue weighted by atomic mass is 9.78. The van der Waals surface area contributed by atoms with Crippen molar-refractivity contribution in [3.05, 3.63) is 22.4 Å². The molecule has 0 aromatic carbocycles. The second-order valence-corrected chi connectivity index (χ2v) is 5.96. The van der Waals surface area contributed by atoms with Gasteiger partial charge in [0.1, 0.15) is 11.4 Å². The number of carboxylic acids is 1. The van der Waals surface area contributed by atoms with E-state index in [0.29, 0.717) is 0 Å². The van der Waals surface area contributed by atoms with Crippen LogP contribution in [0.4, 0.5) is 4.39 Å². The van der Waals surface area contributed by atoms with E-state index >= 15 is 0 Å². The fourth-order valence-electron chi connectivity index (χ4n) is 2.49. The van der Waals surface area contributed by atoms with Gasteiger partial charge in [0.2, 0.25) is 5.13 Å². The Labute approximate surface area is 119 Å². The molecular formula is C12H13Cl2FO4. The van der Waals surface area contributed by atoms with E-state index in [1.54, 1.807) is 6.92 Å². The highest BCUT2D eigenvalue weighted by Crippen LogP contribution is 2.48. The van der Waals surface area contributed by atoms with E-state index in [0.717, 1.165) is 0 Å². The van der Waals surface area contributed by atoms with Crippen LogP contribution in [0.3, 0.4) is 0 Å². The van der Waals surface area contributed by atoms with Crippen molar-refractivity contribution in [1.82, 2.24) is 0 Å². The van der Waals surface area contributed by atoms with Crippen molar-refractivity contribution in [2.24, 2.45) is 0 Å². The summed E-state index contributed by atoms with van der Waals surface area (Å²) in [5.41, 5.74) is -1.52. The van der Waals surface area contributed by atoms with Crippen LogP contribution in [-0.4, -0.2) is 33.0 Å². The topological polar surface area (TPSA) is 66.8 Å². The van der Waals surface area contributed by atoms with Crippen LogP contribution in [0.2, 0.25) is 0 Å². The average molecular weight is 311 g/mol. The summed E-state index contributed by atoms with van der Waals surface area (Å²) in [5.74, 6) is -0.968. The van der Waals surface area contributed by atoms with Gasteiger partial charge in [0.15, 0.2) is 0 Å². The Morgan fingerprint density at radius 1 is 1.68 bits per heavy atom. The summed E-state index contributed by atoms with van der Waals surface area (Å²) in [6, 6.07) is 0. The molecule has 0 radical (unpaired) electrons. The van der Waals surface area contributed by atoms with Crippen molar-refractivity contribution in [3.8, 4) is 0 Å². The molecule has 0 bridgehead atoms. The molecule has 4 nitrogen and oxygen atoms in total. The largest absolute Gasteiger partial charge is 0.490 e. The Hall–Kier alpha value is -0.780. The molecule has 7 heteroatoms. The molecule has 1 aliphatic carbocycles. The first-order valence-electron chi connectivity index (χ1n) is 5.74. The lowest BCUT2D eigenvalue weighted by Crippen LogP contribution is -2.45. The average Bonchev–Trinajstić information content (AvgIpc) is 2.20. The zero-order valence-corrected chi connectivity index (χ0v) is 11.6. The molecule has 0 aromatic rings. The van der Waals surface area contributed by atoms with Crippen LogP contribution >= 0.6 is 23.2 Å². The molecule has 2 aliphatic rings. The summed E-state index contributed by atoms with van der Waals surface area (Å²) >= 11 is 11.3. The van der Waals surface area contributed by atoms with Crippen molar-refractivity contribution >= 4 is 29.2 Å². The molecule has 1 aliphatic heterocycles. The number of allylic oxidation sites excluding steroid dienone is 2. The Morgan fingerprint density at radius 2 is 2.32 bits per heavy atom. The van der Waals surface area contributed by atoms with Gasteiger partial charge in [-0.3, -0.25) is 4.79 Å². The fourth-order valence-corrected chi connectivity index (χ4v) is 2.84. The van der Waals surface area contributed by atoms with Gasteiger partial charge < -0.3 is 14.9 Å². The first-order chi connectivity index (χ1) is 8.64. The molecule has 19 heavy (non-hydrogen) atoms. The van der Waals surface area contributed by atoms with Gasteiger partial charge in [-0.15, -0.1) is 0 Å². The maximum atomic E-state index is 14.0. The highest BCUT2D eigenvalue weighted by Gasteiger charge is 2.48. The molecule has 0 fully saturated rings. The summed E-state index contributed by atoms with van der Waals surface area (Å²) < 4.78 is 19.5. The minimum atomic E-state index is -2.34.